The van der Waals surface area contributed by atoms with Gasteiger partial charge in [-0.25, -0.2) is 0 Å². The minimum atomic E-state index is 0. The van der Waals surface area contributed by atoms with Gasteiger partial charge in [0.25, 0.3) is 0 Å². The number of nitrogen functional groups attached to an aromatic ring is 1. The molecular formula is C8H12N2. The normalized spacial score (nSPS) is 9.30. The smallest absolute Gasteiger partial charge is 0.0880 e. The highest BCUT2D eigenvalue weighted by atomic mass is 14.7. The van der Waals surface area contributed by atoms with Crippen LogP contribution in [0, 0.1) is 6.92 Å². The van der Waals surface area contributed by atoms with Crippen LogP contribution in [0.15, 0.2) is 23.2 Å². The van der Waals surface area contributed by atoms with Crippen LogP contribution in [-0.4, -0.2) is 6.72 Å². The number of nitrogens with zero attached hydrogens (tertiary/aromatic N) is 1. The number of hydrogen-bond donors (Lipinski definition) is 1. The van der Waals surface area contributed by atoms with Crippen LogP contribution in [0.4, 0.5) is 11.4 Å². The summed E-state index contributed by atoms with van der Waals surface area (Å²) in [5.41, 5.74) is 8.15. The van der Waals surface area contributed by atoms with Crippen LogP contribution >= 0.6 is 0 Å². The van der Waals surface area contributed by atoms with E-state index < -0.39 is 0 Å². The highest BCUT2D eigenvalue weighted by Crippen LogP contribution is 2.24. The van der Waals surface area contributed by atoms with Gasteiger partial charge in [-0.05, 0) is 25.3 Å². The summed E-state index contributed by atoms with van der Waals surface area (Å²) in [4.78, 5) is 3.79. The van der Waals surface area contributed by atoms with E-state index in [-0.39, 0.29) is 1.43 Å². The minimum absolute atomic E-state index is 0. The number of nitrogens with two attached hydrogens (primary N) is 1. The van der Waals surface area contributed by atoms with Crippen LogP contribution in [-0.2, 0) is 0 Å². The zero-order valence-corrected chi connectivity index (χ0v) is 5.96. The number of rotatable bonds is 1. The highest BCUT2D eigenvalue weighted by Gasteiger charge is 1.96. The van der Waals surface area contributed by atoms with E-state index in [9.17, 15) is 0 Å². The first-order chi connectivity index (χ1) is 4.75. The Hall–Kier alpha value is -1.31. The van der Waals surface area contributed by atoms with Crippen molar-refractivity contribution in [1.29, 1.82) is 0 Å². The van der Waals surface area contributed by atoms with Crippen LogP contribution in [0.3, 0.4) is 0 Å². The first-order valence-electron chi connectivity index (χ1n) is 3.07. The largest absolute Gasteiger partial charge is 0.397 e. The van der Waals surface area contributed by atoms with Gasteiger partial charge in [0.15, 0.2) is 0 Å². The predicted molar refractivity (Wildman–Crippen MR) is 46.9 cm³/mol. The van der Waals surface area contributed by atoms with Crippen molar-refractivity contribution in [3.8, 4) is 0 Å². The molecule has 0 bridgehead atoms. The number of aliphatic imine (C=N–C) groups is 1. The summed E-state index contributed by atoms with van der Waals surface area (Å²) in [6, 6.07) is 5.68. The van der Waals surface area contributed by atoms with Crippen molar-refractivity contribution in [2.24, 2.45) is 4.99 Å². The highest BCUT2D eigenvalue weighted by molar-refractivity contribution is 5.68. The molecule has 10 heavy (non-hydrogen) atoms. The Bertz CT molecular complexity index is 238. The minimum Gasteiger partial charge on any atom is -0.397 e. The van der Waals surface area contributed by atoms with Crippen molar-refractivity contribution in [3.05, 3.63) is 23.8 Å². The molecule has 0 saturated heterocycles. The Morgan fingerprint density at radius 2 is 2.30 bits per heavy atom. The zero-order chi connectivity index (χ0) is 7.56. The van der Waals surface area contributed by atoms with Gasteiger partial charge in [0.2, 0.25) is 0 Å². The Labute approximate surface area is 61.9 Å². The second-order valence-electron chi connectivity index (χ2n) is 2.17. The molecule has 0 radical (unpaired) electrons. The van der Waals surface area contributed by atoms with Gasteiger partial charge in [-0.15, -0.1) is 0 Å². The van der Waals surface area contributed by atoms with E-state index in [1.807, 2.05) is 25.1 Å². The SMILES string of the molecule is C=Nc1c(C)cccc1N.[HH]. The average Bonchev–Trinajstić information content (AvgIpc) is 1.88. The first-order valence-corrected chi connectivity index (χ1v) is 3.07. The summed E-state index contributed by atoms with van der Waals surface area (Å²) in [6.45, 7) is 5.38. The molecule has 1 aromatic rings. The molecule has 0 aliphatic rings. The fourth-order valence-corrected chi connectivity index (χ4v) is 0.898. The molecule has 1 rings (SSSR count). The van der Waals surface area contributed by atoms with Crippen molar-refractivity contribution in [2.75, 3.05) is 5.73 Å². The van der Waals surface area contributed by atoms with Crippen molar-refractivity contribution in [2.45, 2.75) is 6.92 Å². The Morgan fingerprint density at radius 3 is 2.70 bits per heavy atom. The lowest BCUT2D eigenvalue weighted by Gasteiger charge is -2.01. The number of aryl methyl sites for hydroxylation is 1. The molecule has 0 aromatic heterocycles. The standard InChI is InChI=1S/C8H10N2.H2/c1-6-4-3-5-7(9)8(6)10-2;/h3-5H,2,9H2,1H3;1H. The molecular weight excluding hydrogens is 124 g/mol. The van der Waals surface area contributed by atoms with E-state index in [2.05, 4.69) is 11.7 Å². The molecule has 2 heteroatoms. The van der Waals surface area contributed by atoms with Crippen molar-refractivity contribution < 1.29 is 1.43 Å². The predicted octanol–water partition coefficient (Wildman–Crippen LogP) is 2.16. The summed E-state index contributed by atoms with van der Waals surface area (Å²) < 4.78 is 0. The van der Waals surface area contributed by atoms with Crippen molar-refractivity contribution in [3.63, 3.8) is 0 Å². The lowest BCUT2D eigenvalue weighted by molar-refractivity contribution is 1.41. The van der Waals surface area contributed by atoms with E-state index in [4.69, 9.17) is 5.73 Å². The van der Waals surface area contributed by atoms with E-state index >= 15 is 0 Å². The van der Waals surface area contributed by atoms with Gasteiger partial charge in [0.05, 0.1) is 11.4 Å². The van der Waals surface area contributed by atoms with Crippen LogP contribution in [0.5, 0.6) is 0 Å². The fraction of sp³-hybridized carbons (Fsp3) is 0.125. The lowest BCUT2D eigenvalue weighted by atomic mass is 10.2. The van der Waals surface area contributed by atoms with Crippen molar-refractivity contribution in [1.82, 2.24) is 0 Å². The Balaban J connectivity index is 0.000001000. The quantitative estimate of drug-likeness (QED) is 0.466. The van der Waals surface area contributed by atoms with Crippen LogP contribution in [0.25, 0.3) is 0 Å². The first kappa shape index (κ1) is 6.81. The topological polar surface area (TPSA) is 38.4 Å². The van der Waals surface area contributed by atoms with Gasteiger partial charge < -0.3 is 5.73 Å². The van der Waals surface area contributed by atoms with Crippen LogP contribution in [0.2, 0.25) is 0 Å². The molecule has 0 aliphatic heterocycles. The van der Waals surface area contributed by atoms with Crippen LogP contribution < -0.4 is 5.73 Å². The Kier molecular flexibility index (Phi) is 1.71. The van der Waals surface area contributed by atoms with E-state index in [0.717, 1.165) is 11.3 Å². The van der Waals surface area contributed by atoms with Crippen molar-refractivity contribution >= 4 is 18.1 Å². The molecule has 1 aromatic carbocycles. The molecule has 0 fully saturated rings. The number of para-hydroxylation sites is 1. The van der Waals surface area contributed by atoms with Gasteiger partial charge in [0.1, 0.15) is 0 Å². The maximum absolute atomic E-state index is 5.60. The van der Waals surface area contributed by atoms with Gasteiger partial charge in [0, 0.05) is 1.43 Å². The third-order valence-electron chi connectivity index (χ3n) is 1.43. The molecule has 0 heterocycles. The molecule has 0 atom stereocenters. The van der Waals surface area contributed by atoms with E-state index in [0.29, 0.717) is 5.69 Å². The zero-order valence-electron chi connectivity index (χ0n) is 5.96. The monoisotopic (exact) mass is 136 g/mol. The van der Waals surface area contributed by atoms with Gasteiger partial charge in [-0.3, -0.25) is 4.99 Å². The molecule has 0 amide bonds. The molecule has 54 valence electrons. The fourth-order valence-electron chi connectivity index (χ4n) is 0.898. The molecule has 2 N–H and O–H groups in total. The molecule has 0 unspecified atom stereocenters. The van der Waals surface area contributed by atoms with Gasteiger partial charge >= 0.3 is 0 Å². The number of hydrogen-bond acceptors (Lipinski definition) is 2. The summed E-state index contributed by atoms with van der Waals surface area (Å²) in [5.74, 6) is 0. The maximum atomic E-state index is 5.60. The maximum Gasteiger partial charge on any atom is 0.0880 e. The molecule has 0 saturated carbocycles. The second-order valence-corrected chi connectivity index (χ2v) is 2.17. The van der Waals surface area contributed by atoms with E-state index in [1.54, 1.807) is 0 Å². The number of anilines is 1. The third-order valence-corrected chi connectivity index (χ3v) is 1.43. The molecule has 0 aliphatic carbocycles. The summed E-state index contributed by atoms with van der Waals surface area (Å²) in [7, 11) is 0. The average molecular weight is 136 g/mol. The Morgan fingerprint density at radius 1 is 1.60 bits per heavy atom. The summed E-state index contributed by atoms with van der Waals surface area (Å²) in [6.07, 6.45) is 0. The summed E-state index contributed by atoms with van der Waals surface area (Å²) >= 11 is 0. The molecule has 0 spiro atoms. The van der Waals surface area contributed by atoms with Crippen LogP contribution in [0.1, 0.15) is 6.99 Å². The van der Waals surface area contributed by atoms with Gasteiger partial charge in [-0.1, -0.05) is 12.1 Å². The van der Waals surface area contributed by atoms with Gasteiger partial charge in [-0.2, -0.15) is 0 Å². The number of benzene rings is 1. The lowest BCUT2D eigenvalue weighted by Crippen LogP contribution is -1.86. The third kappa shape index (κ3) is 1.00. The second kappa shape index (κ2) is 2.52. The summed E-state index contributed by atoms with van der Waals surface area (Å²) in [5, 5.41) is 0. The molecule has 2 nitrogen and oxygen atoms in total. The van der Waals surface area contributed by atoms with E-state index in [1.165, 1.54) is 0 Å².